The first-order valence-corrected chi connectivity index (χ1v) is 8.50. The summed E-state index contributed by atoms with van der Waals surface area (Å²) in [5.74, 6) is 0.450. The van der Waals surface area contributed by atoms with Gasteiger partial charge in [-0.3, -0.25) is 0 Å². The van der Waals surface area contributed by atoms with Crippen molar-refractivity contribution in [2.45, 2.75) is 23.8 Å². The van der Waals surface area contributed by atoms with E-state index in [0.717, 1.165) is 16.2 Å². The van der Waals surface area contributed by atoms with Gasteiger partial charge in [0.1, 0.15) is 4.21 Å². The van der Waals surface area contributed by atoms with Crippen LogP contribution in [-0.4, -0.2) is 45.1 Å². The van der Waals surface area contributed by atoms with E-state index < -0.39 is 10.0 Å². The Kier molecular flexibility index (Phi) is 6.84. The Morgan fingerprint density at radius 1 is 1.57 bits per heavy atom. The van der Waals surface area contributed by atoms with Crippen molar-refractivity contribution in [3.63, 3.8) is 0 Å². The maximum Gasteiger partial charge on any atom is 0.247 e. The third kappa shape index (κ3) is 5.36. The predicted molar refractivity (Wildman–Crippen MR) is 93.4 cm³/mol. The molecule has 1 aliphatic rings. The fourth-order valence-corrected chi connectivity index (χ4v) is 3.58. The van der Waals surface area contributed by atoms with Gasteiger partial charge in [0, 0.05) is 18.0 Å². The van der Waals surface area contributed by atoms with Crippen molar-refractivity contribution in [1.29, 1.82) is 0 Å². The molecule has 1 aromatic heterocycles. The third-order valence-corrected chi connectivity index (χ3v) is 5.39. The molecule has 1 unspecified atom stereocenters. The zero-order valence-corrected chi connectivity index (χ0v) is 15.5. The molecule has 2 rings (SSSR count). The Morgan fingerprint density at radius 3 is 2.86 bits per heavy atom. The molecule has 0 saturated carbocycles. The molecule has 2 heterocycles. The quantitative estimate of drug-likeness (QED) is 0.400. The van der Waals surface area contributed by atoms with Crippen molar-refractivity contribution in [2.24, 2.45) is 15.9 Å². The molecule has 1 atom stereocenters. The van der Waals surface area contributed by atoms with E-state index in [9.17, 15) is 8.42 Å². The minimum Gasteiger partial charge on any atom is -0.375 e. The Bertz CT molecular complexity index is 602. The highest BCUT2D eigenvalue weighted by molar-refractivity contribution is 14.0. The molecule has 0 radical (unpaired) electrons. The first kappa shape index (κ1) is 18.6. The summed E-state index contributed by atoms with van der Waals surface area (Å²) in [6.45, 7) is 4.38. The second kappa shape index (κ2) is 7.72. The summed E-state index contributed by atoms with van der Waals surface area (Å²) in [4.78, 5) is 7.05. The van der Waals surface area contributed by atoms with Gasteiger partial charge in [0.05, 0.1) is 19.3 Å². The second-order valence-corrected chi connectivity index (χ2v) is 7.52. The number of nitrogens with zero attached hydrogens (tertiary/aromatic N) is 2. The zero-order chi connectivity index (χ0) is 14.8. The molecule has 21 heavy (non-hydrogen) atoms. The van der Waals surface area contributed by atoms with Crippen LogP contribution in [0.25, 0.3) is 0 Å². The molecule has 1 fully saturated rings. The van der Waals surface area contributed by atoms with Crippen LogP contribution in [0.15, 0.2) is 21.3 Å². The molecular weight excluding hydrogens is 427 g/mol. The smallest absolute Gasteiger partial charge is 0.247 e. The number of morpholine rings is 1. The number of ether oxygens (including phenoxy) is 1. The summed E-state index contributed by atoms with van der Waals surface area (Å²) >= 11 is 1.11. The van der Waals surface area contributed by atoms with Gasteiger partial charge in [-0.05, 0) is 19.1 Å². The third-order valence-electron chi connectivity index (χ3n) is 2.88. The Labute approximate surface area is 145 Å². The molecule has 0 amide bonds. The fraction of sp³-hybridized carbons (Fsp3) is 0.545. The van der Waals surface area contributed by atoms with E-state index in [1.54, 1.807) is 6.07 Å². The van der Waals surface area contributed by atoms with Crippen LogP contribution < -0.4 is 10.9 Å². The Hall–Kier alpha value is -0.430. The van der Waals surface area contributed by atoms with Crippen molar-refractivity contribution in [1.82, 2.24) is 4.90 Å². The number of thiophene rings is 1. The number of hydrogen-bond acceptors (Lipinski definition) is 5. The number of hydrogen-bond donors (Lipinski definition) is 2. The zero-order valence-electron chi connectivity index (χ0n) is 11.6. The van der Waals surface area contributed by atoms with E-state index in [1.807, 2.05) is 11.8 Å². The first-order valence-electron chi connectivity index (χ1n) is 6.14. The van der Waals surface area contributed by atoms with Crippen LogP contribution in [0.1, 0.15) is 11.8 Å². The second-order valence-electron chi connectivity index (χ2n) is 4.57. The van der Waals surface area contributed by atoms with Crippen molar-refractivity contribution in [2.75, 3.05) is 19.7 Å². The van der Waals surface area contributed by atoms with Gasteiger partial charge in [-0.2, -0.15) is 0 Å². The highest BCUT2D eigenvalue weighted by Crippen LogP contribution is 2.21. The summed E-state index contributed by atoms with van der Waals surface area (Å²) in [5.41, 5.74) is 5.93. The van der Waals surface area contributed by atoms with E-state index in [2.05, 4.69) is 4.99 Å². The molecule has 0 bridgehead atoms. The number of sulfonamides is 1. The number of halogens is 1. The molecule has 0 aromatic carbocycles. The summed E-state index contributed by atoms with van der Waals surface area (Å²) in [5, 5.41) is 5.06. The van der Waals surface area contributed by atoms with Crippen LogP contribution in [0.2, 0.25) is 0 Å². The fourth-order valence-electron chi connectivity index (χ4n) is 1.88. The Balaban J connectivity index is 0.00000220. The van der Waals surface area contributed by atoms with Crippen molar-refractivity contribution >= 4 is 51.3 Å². The molecule has 1 aliphatic heterocycles. The number of nitrogens with two attached hydrogens (primary N) is 2. The molecular formula is C11H19IN4O3S2. The standard InChI is InChI=1S/C11H18N4O3S2.HI/c1-8-7-15(4-5-18-8)11(12)14-6-9-2-3-10(19-9)20(13,16)17;/h2-3,8H,4-7H2,1H3,(H2,12,14)(H2,13,16,17);1H. The van der Waals surface area contributed by atoms with E-state index in [1.165, 1.54) is 6.07 Å². The topological polar surface area (TPSA) is 111 Å². The lowest BCUT2D eigenvalue weighted by Crippen LogP contribution is -2.47. The van der Waals surface area contributed by atoms with Crippen molar-refractivity contribution in [3.8, 4) is 0 Å². The first-order chi connectivity index (χ1) is 9.36. The highest BCUT2D eigenvalue weighted by atomic mass is 127. The van der Waals surface area contributed by atoms with E-state index in [0.29, 0.717) is 32.2 Å². The van der Waals surface area contributed by atoms with Crippen LogP contribution in [-0.2, 0) is 21.3 Å². The van der Waals surface area contributed by atoms with E-state index in [-0.39, 0.29) is 34.3 Å². The van der Waals surface area contributed by atoms with Gasteiger partial charge < -0.3 is 15.4 Å². The van der Waals surface area contributed by atoms with Crippen molar-refractivity contribution in [3.05, 3.63) is 17.0 Å². The molecule has 0 aliphatic carbocycles. The van der Waals surface area contributed by atoms with Gasteiger partial charge in [0.25, 0.3) is 0 Å². The van der Waals surface area contributed by atoms with E-state index in [4.69, 9.17) is 15.6 Å². The maximum absolute atomic E-state index is 11.2. The van der Waals surface area contributed by atoms with Crippen LogP contribution in [0.4, 0.5) is 0 Å². The van der Waals surface area contributed by atoms with Gasteiger partial charge >= 0.3 is 0 Å². The SMILES string of the molecule is CC1CN(C(N)=NCc2ccc(S(N)(=O)=O)s2)CCO1.I. The van der Waals surface area contributed by atoms with Crippen LogP contribution in [0, 0.1) is 0 Å². The van der Waals surface area contributed by atoms with Crippen LogP contribution in [0.5, 0.6) is 0 Å². The van der Waals surface area contributed by atoms with Crippen LogP contribution >= 0.6 is 35.3 Å². The minimum absolute atomic E-state index is 0. The van der Waals surface area contributed by atoms with Crippen molar-refractivity contribution < 1.29 is 13.2 Å². The molecule has 4 N–H and O–H groups in total. The molecule has 0 spiro atoms. The molecule has 120 valence electrons. The van der Waals surface area contributed by atoms with Gasteiger partial charge in [0.2, 0.25) is 10.0 Å². The molecule has 1 aromatic rings. The summed E-state index contributed by atoms with van der Waals surface area (Å²) < 4.78 is 27.9. The normalized spacial score (nSPS) is 20.2. The van der Waals surface area contributed by atoms with Gasteiger partial charge in [-0.15, -0.1) is 35.3 Å². The van der Waals surface area contributed by atoms with Gasteiger partial charge in [-0.1, -0.05) is 0 Å². The summed E-state index contributed by atoms with van der Waals surface area (Å²) in [7, 11) is -3.64. The Morgan fingerprint density at radius 2 is 2.29 bits per heavy atom. The maximum atomic E-state index is 11.2. The average molecular weight is 446 g/mol. The predicted octanol–water partition coefficient (Wildman–Crippen LogP) is 0.549. The number of rotatable bonds is 3. The molecule has 10 heteroatoms. The lowest BCUT2D eigenvalue weighted by molar-refractivity contribution is 0.00529. The monoisotopic (exact) mass is 446 g/mol. The summed E-state index contributed by atoms with van der Waals surface area (Å²) in [6, 6.07) is 3.18. The van der Waals surface area contributed by atoms with Gasteiger partial charge in [-0.25, -0.2) is 18.5 Å². The largest absolute Gasteiger partial charge is 0.375 e. The lowest BCUT2D eigenvalue weighted by atomic mass is 10.3. The minimum atomic E-state index is -3.64. The van der Waals surface area contributed by atoms with Gasteiger partial charge in [0.15, 0.2) is 5.96 Å². The summed E-state index contributed by atoms with van der Waals surface area (Å²) in [6.07, 6.45) is 0.133. The van der Waals surface area contributed by atoms with Crippen LogP contribution in [0.3, 0.4) is 0 Å². The molecule has 1 saturated heterocycles. The number of guanidine groups is 1. The average Bonchev–Trinajstić information content (AvgIpc) is 2.84. The number of primary sulfonamides is 1. The molecule has 7 nitrogen and oxygen atoms in total. The number of aliphatic imine (C=N–C) groups is 1. The lowest BCUT2D eigenvalue weighted by Gasteiger charge is -2.31. The van der Waals surface area contributed by atoms with E-state index >= 15 is 0 Å². The highest BCUT2D eigenvalue weighted by Gasteiger charge is 2.18.